The van der Waals surface area contributed by atoms with E-state index in [1.807, 2.05) is 4.40 Å². The number of aromatic amines is 1. The van der Waals surface area contributed by atoms with E-state index >= 15 is 0 Å². The van der Waals surface area contributed by atoms with E-state index in [1.54, 1.807) is 6.20 Å². The van der Waals surface area contributed by atoms with Crippen molar-refractivity contribution in [2.45, 2.75) is 38.0 Å². The molecule has 0 aliphatic heterocycles. The number of hydrogen-bond donors (Lipinski definition) is 1. The molecule has 0 amide bonds. The number of fused-ring (bicyclic) bond motifs is 1. The van der Waals surface area contributed by atoms with E-state index in [0.717, 1.165) is 5.82 Å². The highest BCUT2D eigenvalue weighted by Crippen LogP contribution is 2.31. The Morgan fingerprint density at radius 1 is 1.25 bits per heavy atom. The van der Waals surface area contributed by atoms with Gasteiger partial charge in [-0.15, -0.1) is 10.2 Å². The SMILES string of the molecule is O=c1ccn2c(C3CCCCC3)nnc2[nH]1. The first-order valence-electron chi connectivity index (χ1n) is 5.78. The minimum Gasteiger partial charge on any atom is -0.291 e. The zero-order valence-electron chi connectivity index (χ0n) is 9.02. The zero-order chi connectivity index (χ0) is 11.0. The largest absolute Gasteiger partial charge is 0.291 e. The number of hydrogen-bond acceptors (Lipinski definition) is 3. The maximum Gasteiger partial charge on any atom is 0.252 e. The number of nitrogens with one attached hydrogen (secondary N) is 1. The molecule has 1 N–H and O–H groups in total. The van der Waals surface area contributed by atoms with Crippen molar-refractivity contribution in [2.75, 3.05) is 0 Å². The van der Waals surface area contributed by atoms with Gasteiger partial charge in [0.25, 0.3) is 5.56 Å². The van der Waals surface area contributed by atoms with E-state index in [-0.39, 0.29) is 5.56 Å². The summed E-state index contributed by atoms with van der Waals surface area (Å²) in [5.41, 5.74) is -0.130. The molecule has 1 aliphatic carbocycles. The van der Waals surface area contributed by atoms with Crippen molar-refractivity contribution in [1.29, 1.82) is 0 Å². The second kappa shape index (κ2) is 3.73. The molecule has 84 valence electrons. The molecule has 0 saturated heterocycles. The summed E-state index contributed by atoms with van der Waals surface area (Å²) in [4.78, 5) is 13.8. The van der Waals surface area contributed by atoms with E-state index in [4.69, 9.17) is 0 Å². The Bertz CT molecular complexity index is 550. The third kappa shape index (κ3) is 1.52. The summed E-state index contributed by atoms with van der Waals surface area (Å²) in [5.74, 6) is 2.04. The molecule has 2 heterocycles. The van der Waals surface area contributed by atoms with Crippen LogP contribution in [0, 0.1) is 0 Å². The van der Waals surface area contributed by atoms with Crippen molar-refractivity contribution in [3.63, 3.8) is 0 Å². The van der Waals surface area contributed by atoms with Crippen molar-refractivity contribution in [3.8, 4) is 0 Å². The van der Waals surface area contributed by atoms with E-state index in [9.17, 15) is 4.79 Å². The van der Waals surface area contributed by atoms with Crippen LogP contribution in [0.5, 0.6) is 0 Å². The van der Waals surface area contributed by atoms with Crippen molar-refractivity contribution in [1.82, 2.24) is 19.6 Å². The van der Waals surface area contributed by atoms with Crippen LogP contribution in [-0.2, 0) is 0 Å². The smallest absolute Gasteiger partial charge is 0.252 e. The molecule has 0 spiro atoms. The van der Waals surface area contributed by atoms with Crippen LogP contribution in [0.1, 0.15) is 43.8 Å². The van der Waals surface area contributed by atoms with Crippen LogP contribution < -0.4 is 5.56 Å². The van der Waals surface area contributed by atoms with Gasteiger partial charge in [-0.2, -0.15) is 0 Å². The number of H-pyrrole nitrogens is 1. The molecular weight excluding hydrogens is 204 g/mol. The normalized spacial score (nSPS) is 18.0. The Kier molecular flexibility index (Phi) is 2.23. The molecule has 1 aliphatic rings. The second-order valence-electron chi connectivity index (χ2n) is 4.39. The van der Waals surface area contributed by atoms with E-state index in [0.29, 0.717) is 11.7 Å². The Morgan fingerprint density at radius 3 is 2.88 bits per heavy atom. The van der Waals surface area contributed by atoms with Crippen molar-refractivity contribution < 1.29 is 0 Å². The molecule has 0 aromatic carbocycles. The van der Waals surface area contributed by atoms with Gasteiger partial charge in [0.05, 0.1) is 0 Å². The van der Waals surface area contributed by atoms with Crippen LogP contribution >= 0.6 is 0 Å². The Morgan fingerprint density at radius 2 is 2.06 bits per heavy atom. The van der Waals surface area contributed by atoms with E-state index in [1.165, 1.54) is 38.2 Å². The molecule has 1 saturated carbocycles. The van der Waals surface area contributed by atoms with E-state index < -0.39 is 0 Å². The molecule has 2 aromatic heterocycles. The molecule has 5 nitrogen and oxygen atoms in total. The summed E-state index contributed by atoms with van der Waals surface area (Å²) < 4.78 is 1.90. The lowest BCUT2D eigenvalue weighted by atomic mass is 9.89. The van der Waals surface area contributed by atoms with Crippen LogP contribution in [0.15, 0.2) is 17.1 Å². The Balaban J connectivity index is 2.06. The van der Waals surface area contributed by atoms with Gasteiger partial charge in [0, 0.05) is 18.2 Å². The summed E-state index contributed by atoms with van der Waals surface area (Å²) >= 11 is 0. The lowest BCUT2D eigenvalue weighted by Crippen LogP contribution is -2.11. The molecule has 0 atom stereocenters. The van der Waals surface area contributed by atoms with Crippen LogP contribution in [0.3, 0.4) is 0 Å². The fourth-order valence-corrected chi connectivity index (χ4v) is 2.47. The van der Waals surface area contributed by atoms with Crippen LogP contribution in [0.25, 0.3) is 5.78 Å². The molecule has 1 fully saturated rings. The third-order valence-corrected chi connectivity index (χ3v) is 3.30. The lowest BCUT2D eigenvalue weighted by molar-refractivity contribution is 0.426. The van der Waals surface area contributed by atoms with Gasteiger partial charge in [-0.3, -0.25) is 14.2 Å². The first-order valence-corrected chi connectivity index (χ1v) is 5.78. The molecule has 16 heavy (non-hydrogen) atoms. The van der Waals surface area contributed by atoms with Gasteiger partial charge in [-0.25, -0.2) is 0 Å². The fourth-order valence-electron chi connectivity index (χ4n) is 2.47. The van der Waals surface area contributed by atoms with Gasteiger partial charge >= 0.3 is 0 Å². The molecular formula is C11H14N4O. The average molecular weight is 218 g/mol. The van der Waals surface area contributed by atoms with Gasteiger partial charge in [0.2, 0.25) is 5.78 Å². The molecule has 3 rings (SSSR count). The minimum atomic E-state index is -0.130. The summed E-state index contributed by atoms with van der Waals surface area (Å²) in [7, 11) is 0. The summed E-state index contributed by atoms with van der Waals surface area (Å²) in [5, 5.41) is 8.22. The first-order chi connectivity index (χ1) is 7.84. The van der Waals surface area contributed by atoms with Gasteiger partial charge in [0.15, 0.2) is 0 Å². The second-order valence-corrected chi connectivity index (χ2v) is 4.39. The van der Waals surface area contributed by atoms with Gasteiger partial charge < -0.3 is 0 Å². The predicted molar refractivity (Wildman–Crippen MR) is 59.4 cm³/mol. The fraction of sp³-hybridized carbons (Fsp3) is 0.545. The molecule has 0 bridgehead atoms. The quantitative estimate of drug-likeness (QED) is 0.788. The highest BCUT2D eigenvalue weighted by molar-refractivity contribution is 5.27. The summed E-state index contributed by atoms with van der Waals surface area (Å²) in [6.07, 6.45) is 7.98. The average Bonchev–Trinajstić information content (AvgIpc) is 2.73. The predicted octanol–water partition coefficient (Wildman–Crippen LogP) is 1.47. The van der Waals surface area contributed by atoms with Crippen LogP contribution in [0.2, 0.25) is 0 Å². The Labute approximate surface area is 92.5 Å². The standard InChI is InChI=1S/C11H14N4O/c16-9-6-7-15-10(13-14-11(15)12-9)8-4-2-1-3-5-8/h6-8H,1-5H2,(H,12,14,16). The molecule has 5 heteroatoms. The topological polar surface area (TPSA) is 63.1 Å². The maximum absolute atomic E-state index is 11.1. The van der Waals surface area contributed by atoms with E-state index in [2.05, 4.69) is 15.2 Å². The maximum atomic E-state index is 11.1. The van der Waals surface area contributed by atoms with Crippen LogP contribution in [-0.4, -0.2) is 19.6 Å². The van der Waals surface area contributed by atoms with Crippen molar-refractivity contribution in [2.24, 2.45) is 0 Å². The minimum absolute atomic E-state index is 0.130. The number of rotatable bonds is 1. The van der Waals surface area contributed by atoms with Gasteiger partial charge in [0.1, 0.15) is 5.82 Å². The summed E-state index contributed by atoms with van der Waals surface area (Å²) in [6.45, 7) is 0. The zero-order valence-corrected chi connectivity index (χ0v) is 9.02. The van der Waals surface area contributed by atoms with Crippen molar-refractivity contribution in [3.05, 3.63) is 28.4 Å². The number of nitrogens with zero attached hydrogens (tertiary/aromatic N) is 3. The number of aromatic nitrogens is 4. The van der Waals surface area contributed by atoms with Gasteiger partial charge in [-0.1, -0.05) is 19.3 Å². The third-order valence-electron chi connectivity index (χ3n) is 3.30. The summed E-state index contributed by atoms with van der Waals surface area (Å²) in [6, 6.07) is 1.52. The highest BCUT2D eigenvalue weighted by Gasteiger charge is 2.20. The highest BCUT2D eigenvalue weighted by atomic mass is 16.1. The monoisotopic (exact) mass is 218 g/mol. The molecule has 0 unspecified atom stereocenters. The lowest BCUT2D eigenvalue weighted by Gasteiger charge is -2.19. The van der Waals surface area contributed by atoms with Gasteiger partial charge in [-0.05, 0) is 12.8 Å². The first kappa shape index (κ1) is 9.57. The Hall–Kier alpha value is -1.65. The van der Waals surface area contributed by atoms with Crippen LogP contribution in [0.4, 0.5) is 0 Å². The molecule has 0 radical (unpaired) electrons. The van der Waals surface area contributed by atoms with Crippen molar-refractivity contribution >= 4 is 5.78 Å². The molecule has 2 aromatic rings.